The van der Waals surface area contributed by atoms with E-state index in [1.54, 1.807) is 11.3 Å². The lowest BCUT2D eigenvalue weighted by Gasteiger charge is -2.38. The number of nitrogens with zero attached hydrogens (tertiary/aromatic N) is 3. The Morgan fingerprint density at radius 1 is 1.43 bits per heavy atom. The van der Waals surface area contributed by atoms with Gasteiger partial charge in [0, 0.05) is 31.1 Å². The van der Waals surface area contributed by atoms with Gasteiger partial charge in [-0.3, -0.25) is 9.69 Å². The number of thiophene rings is 1. The molecule has 4 nitrogen and oxygen atoms in total. The van der Waals surface area contributed by atoms with Crippen LogP contribution in [0.4, 0.5) is 0 Å². The fourth-order valence-corrected chi connectivity index (χ4v) is 4.36. The molecule has 5 heteroatoms. The minimum absolute atomic E-state index is 0.0552. The molecule has 2 aliphatic rings. The zero-order valence-electron chi connectivity index (χ0n) is 12.4. The lowest BCUT2D eigenvalue weighted by atomic mass is 9.86. The minimum Gasteiger partial charge on any atom is -0.340 e. The predicted octanol–water partition coefficient (Wildman–Crippen LogP) is 2.22. The van der Waals surface area contributed by atoms with Gasteiger partial charge in [0.25, 0.3) is 0 Å². The summed E-state index contributed by atoms with van der Waals surface area (Å²) in [5, 5.41) is 11.1. The van der Waals surface area contributed by atoms with Gasteiger partial charge >= 0.3 is 0 Å². The molecule has 1 fully saturated rings. The zero-order chi connectivity index (χ0) is 14.8. The van der Waals surface area contributed by atoms with Crippen LogP contribution in [0.3, 0.4) is 0 Å². The Kier molecular flexibility index (Phi) is 4.27. The first-order valence-corrected chi connectivity index (χ1v) is 8.57. The van der Waals surface area contributed by atoms with E-state index in [2.05, 4.69) is 22.4 Å². The molecule has 1 aliphatic heterocycles. The highest BCUT2D eigenvalue weighted by Crippen LogP contribution is 2.36. The SMILES string of the molecule is CC(C#N)N1CCN(C(=O)C2CCCc3sccc32)CC1. The second-order valence-electron chi connectivity index (χ2n) is 5.91. The van der Waals surface area contributed by atoms with Crippen molar-refractivity contribution in [2.45, 2.75) is 38.1 Å². The Morgan fingerprint density at radius 2 is 2.19 bits per heavy atom. The number of fused-ring (bicyclic) bond motifs is 1. The van der Waals surface area contributed by atoms with Crippen LogP contribution in [0.15, 0.2) is 11.4 Å². The molecule has 2 atom stereocenters. The van der Waals surface area contributed by atoms with Gasteiger partial charge in [-0.1, -0.05) is 0 Å². The number of rotatable bonds is 2. The van der Waals surface area contributed by atoms with Crippen molar-refractivity contribution in [3.05, 3.63) is 21.9 Å². The molecule has 0 aromatic carbocycles. The smallest absolute Gasteiger partial charge is 0.230 e. The molecule has 0 saturated carbocycles. The Hall–Kier alpha value is -1.38. The molecule has 1 saturated heterocycles. The molecule has 0 bridgehead atoms. The topological polar surface area (TPSA) is 47.3 Å². The third kappa shape index (κ3) is 2.83. The van der Waals surface area contributed by atoms with Crippen molar-refractivity contribution in [2.75, 3.05) is 26.2 Å². The highest BCUT2D eigenvalue weighted by molar-refractivity contribution is 7.10. The van der Waals surface area contributed by atoms with Crippen molar-refractivity contribution < 1.29 is 4.79 Å². The Morgan fingerprint density at radius 3 is 2.90 bits per heavy atom. The molecular formula is C16H21N3OS. The minimum atomic E-state index is -0.0552. The molecular weight excluding hydrogens is 282 g/mol. The quantitative estimate of drug-likeness (QED) is 0.841. The summed E-state index contributed by atoms with van der Waals surface area (Å²) >= 11 is 1.79. The highest BCUT2D eigenvalue weighted by atomic mass is 32.1. The number of hydrogen-bond acceptors (Lipinski definition) is 4. The first-order chi connectivity index (χ1) is 10.2. The van der Waals surface area contributed by atoms with Gasteiger partial charge in [-0.2, -0.15) is 5.26 Å². The van der Waals surface area contributed by atoms with Gasteiger partial charge in [-0.15, -0.1) is 11.3 Å². The van der Waals surface area contributed by atoms with E-state index in [0.717, 1.165) is 45.4 Å². The molecule has 21 heavy (non-hydrogen) atoms. The molecule has 0 spiro atoms. The third-order valence-electron chi connectivity index (χ3n) is 4.71. The molecule has 3 rings (SSSR count). The standard InChI is InChI=1S/C16H21N3OS/c1-12(11-17)18-6-8-19(9-7-18)16(20)14-3-2-4-15-13(14)5-10-21-15/h5,10,12,14H,2-4,6-9H2,1H3. The lowest BCUT2D eigenvalue weighted by molar-refractivity contribution is -0.135. The number of hydrogen-bond donors (Lipinski definition) is 0. The van der Waals surface area contributed by atoms with Crippen LogP contribution in [0.5, 0.6) is 0 Å². The number of nitriles is 1. The fraction of sp³-hybridized carbons (Fsp3) is 0.625. The zero-order valence-corrected chi connectivity index (χ0v) is 13.2. The largest absolute Gasteiger partial charge is 0.340 e. The van der Waals surface area contributed by atoms with Crippen LogP contribution < -0.4 is 0 Å². The van der Waals surface area contributed by atoms with E-state index in [4.69, 9.17) is 5.26 Å². The van der Waals surface area contributed by atoms with Crippen molar-refractivity contribution in [1.29, 1.82) is 5.26 Å². The summed E-state index contributed by atoms with van der Waals surface area (Å²) in [6.45, 7) is 5.05. The molecule has 1 aliphatic carbocycles. The molecule has 1 aromatic rings. The van der Waals surface area contributed by atoms with Crippen LogP contribution in [-0.2, 0) is 11.2 Å². The van der Waals surface area contributed by atoms with E-state index >= 15 is 0 Å². The molecule has 0 radical (unpaired) electrons. The van der Waals surface area contributed by atoms with E-state index in [9.17, 15) is 4.79 Å². The number of aryl methyl sites for hydroxylation is 1. The summed E-state index contributed by atoms with van der Waals surface area (Å²) in [5.74, 6) is 0.360. The van der Waals surface area contributed by atoms with Gasteiger partial charge < -0.3 is 4.90 Å². The average molecular weight is 303 g/mol. The van der Waals surface area contributed by atoms with Crippen molar-refractivity contribution in [1.82, 2.24) is 9.80 Å². The first-order valence-electron chi connectivity index (χ1n) is 7.69. The van der Waals surface area contributed by atoms with Gasteiger partial charge in [0.05, 0.1) is 18.0 Å². The molecule has 112 valence electrons. The fourth-order valence-electron chi connectivity index (χ4n) is 3.37. The van der Waals surface area contributed by atoms with Gasteiger partial charge in [0.2, 0.25) is 5.91 Å². The van der Waals surface area contributed by atoms with Crippen LogP contribution in [0.1, 0.15) is 36.1 Å². The van der Waals surface area contributed by atoms with Gasteiger partial charge in [-0.25, -0.2) is 0 Å². The van der Waals surface area contributed by atoms with Crippen molar-refractivity contribution in [2.24, 2.45) is 0 Å². The second kappa shape index (κ2) is 6.17. The maximum atomic E-state index is 12.8. The van der Waals surface area contributed by atoms with E-state index in [0.29, 0.717) is 5.91 Å². The van der Waals surface area contributed by atoms with Crippen LogP contribution >= 0.6 is 11.3 Å². The van der Waals surface area contributed by atoms with Crippen LogP contribution in [0.25, 0.3) is 0 Å². The summed E-state index contributed by atoms with van der Waals surface area (Å²) in [6, 6.07) is 4.35. The lowest BCUT2D eigenvalue weighted by Crippen LogP contribution is -2.52. The molecule has 0 N–H and O–H groups in total. The second-order valence-corrected chi connectivity index (χ2v) is 6.91. The highest BCUT2D eigenvalue weighted by Gasteiger charge is 2.32. The van der Waals surface area contributed by atoms with E-state index < -0.39 is 0 Å². The van der Waals surface area contributed by atoms with Crippen molar-refractivity contribution in [3.63, 3.8) is 0 Å². The van der Waals surface area contributed by atoms with Gasteiger partial charge in [-0.05, 0) is 43.2 Å². The molecule has 2 heterocycles. The van der Waals surface area contributed by atoms with Gasteiger partial charge in [0.1, 0.15) is 0 Å². The average Bonchev–Trinajstić information content (AvgIpc) is 3.02. The van der Waals surface area contributed by atoms with Crippen molar-refractivity contribution >= 4 is 17.2 Å². The molecule has 1 amide bonds. The van der Waals surface area contributed by atoms with Crippen LogP contribution in [-0.4, -0.2) is 47.9 Å². The van der Waals surface area contributed by atoms with Crippen LogP contribution in [0, 0.1) is 11.3 Å². The molecule has 1 aromatic heterocycles. The monoisotopic (exact) mass is 303 g/mol. The summed E-state index contributed by atoms with van der Waals surface area (Å²) in [4.78, 5) is 18.4. The van der Waals surface area contributed by atoms with Gasteiger partial charge in [0.15, 0.2) is 0 Å². The summed E-state index contributed by atoms with van der Waals surface area (Å²) in [7, 11) is 0. The van der Waals surface area contributed by atoms with E-state index in [-0.39, 0.29) is 12.0 Å². The first kappa shape index (κ1) is 14.6. The summed E-state index contributed by atoms with van der Waals surface area (Å²) in [6.07, 6.45) is 3.23. The maximum Gasteiger partial charge on any atom is 0.230 e. The summed E-state index contributed by atoms with van der Waals surface area (Å²) in [5.41, 5.74) is 1.27. The van der Waals surface area contributed by atoms with E-state index in [1.165, 1.54) is 10.4 Å². The van der Waals surface area contributed by atoms with E-state index in [1.807, 2.05) is 11.8 Å². The number of carbonyl (C=O) groups is 1. The Labute approximate surface area is 130 Å². The third-order valence-corrected chi connectivity index (χ3v) is 5.71. The molecule has 2 unspecified atom stereocenters. The Balaban J connectivity index is 1.65. The van der Waals surface area contributed by atoms with Crippen molar-refractivity contribution in [3.8, 4) is 6.07 Å². The maximum absolute atomic E-state index is 12.8. The normalized spacial score (nSPS) is 24.2. The van der Waals surface area contributed by atoms with Crippen LogP contribution in [0.2, 0.25) is 0 Å². The predicted molar refractivity (Wildman–Crippen MR) is 83.2 cm³/mol. The number of carbonyl (C=O) groups excluding carboxylic acids is 1. The number of piperazine rings is 1. The number of amides is 1. The summed E-state index contributed by atoms with van der Waals surface area (Å²) < 4.78 is 0. The Bertz CT molecular complexity index is 554.